The molecule has 0 aliphatic carbocycles. The maximum absolute atomic E-state index is 13.1. The molecule has 5 nitrogen and oxygen atoms in total. The molecule has 0 saturated carbocycles. The second kappa shape index (κ2) is 5.96. The number of fused-ring (bicyclic) bond motifs is 1. The lowest BCUT2D eigenvalue weighted by Crippen LogP contribution is -2.32. The maximum Gasteiger partial charge on any atom is 0.428 e. The molecule has 0 atom stereocenters. The first-order chi connectivity index (χ1) is 11.3. The predicted octanol–water partition coefficient (Wildman–Crippen LogP) is 4.12. The Morgan fingerprint density at radius 2 is 1.96 bits per heavy atom. The monoisotopic (exact) mass is 326 g/mol. The summed E-state index contributed by atoms with van der Waals surface area (Å²) in [5.74, 6) is -0.319. The molecule has 6 heteroatoms. The largest absolute Gasteiger partial charge is 0.443 e. The highest BCUT2D eigenvalue weighted by Gasteiger charge is 2.18. The van der Waals surface area contributed by atoms with Crippen molar-refractivity contribution in [3.63, 3.8) is 0 Å². The fourth-order valence-electron chi connectivity index (χ4n) is 2.30. The van der Waals surface area contributed by atoms with E-state index < -0.39 is 11.7 Å². The van der Waals surface area contributed by atoms with E-state index in [0.717, 1.165) is 10.9 Å². The molecule has 3 aromatic rings. The topological polar surface area (TPSA) is 56.1 Å². The molecule has 123 valence electrons. The number of rotatable bonds is 2. The smallest absolute Gasteiger partial charge is 0.428 e. The van der Waals surface area contributed by atoms with Crippen molar-refractivity contribution in [1.82, 2.24) is 9.89 Å². The zero-order valence-corrected chi connectivity index (χ0v) is 13.6. The summed E-state index contributed by atoms with van der Waals surface area (Å²) in [4.78, 5) is 13.4. The second-order valence-corrected chi connectivity index (χ2v) is 6.32. The van der Waals surface area contributed by atoms with Crippen LogP contribution in [0.3, 0.4) is 0 Å². The van der Waals surface area contributed by atoms with Crippen molar-refractivity contribution < 1.29 is 13.9 Å². The lowest BCUT2D eigenvalue weighted by Gasteiger charge is -2.19. The van der Waals surface area contributed by atoms with Crippen LogP contribution in [0.2, 0.25) is 0 Å². The Morgan fingerprint density at radius 1 is 1.25 bits per heavy atom. The van der Waals surface area contributed by atoms with Crippen LogP contribution in [0.15, 0.2) is 42.5 Å². The number of hydrogen-bond donors (Lipinski definition) is 1. The summed E-state index contributed by atoms with van der Waals surface area (Å²) in [6, 6.07) is 14.3. The van der Waals surface area contributed by atoms with Gasteiger partial charge in [0.1, 0.15) is 17.1 Å². The molecule has 1 radical (unpaired) electrons. The molecule has 0 saturated heterocycles. The van der Waals surface area contributed by atoms with Crippen LogP contribution in [-0.4, -0.2) is 21.6 Å². The Balaban J connectivity index is 2.01. The van der Waals surface area contributed by atoms with E-state index in [1.807, 2.05) is 0 Å². The number of ether oxygens (including phenoxy) is 1. The zero-order chi connectivity index (χ0) is 17.3. The second-order valence-electron chi connectivity index (χ2n) is 6.32. The Labute approximate surface area is 139 Å². The van der Waals surface area contributed by atoms with Gasteiger partial charge in [-0.15, -0.1) is 0 Å². The van der Waals surface area contributed by atoms with E-state index in [-0.39, 0.29) is 5.82 Å². The molecule has 2 aromatic carbocycles. The number of aromatic nitrogens is 2. The lowest BCUT2D eigenvalue weighted by molar-refractivity contribution is 0.0611. The van der Waals surface area contributed by atoms with Crippen molar-refractivity contribution in [1.29, 1.82) is 0 Å². The maximum atomic E-state index is 13.1. The molecule has 1 aromatic heterocycles. The molecular formula is C18H17FN3O2. The molecule has 0 unspecified atom stereocenters. The first kappa shape index (κ1) is 16.0. The van der Waals surface area contributed by atoms with Gasteiger partial charge in [0.2, 0.25) is 0 Å². The first-order valence-corrected chi connectivity index (χ1v) is 7.48. The van der Waals surface area contributed by atoms with Crippen molar-refractivity contribution in [3.8, 4) is 11.3 Å². The van der Waals surface area contributed by atoms with Crippen molar-refractivity contribution in [2.75, 3.05) is 5.43 Å². The summed E-state index contributed by atoms with van der Waals surface area (Å²) >= 11 is 0. The van der Waals surface area contributed by atoms with Crippen molar-refractivity contribution in [3.05, 3.63) is 54.3 Å². The van der Waals surface area contributed by atoms with Gasteiger partial charge in [0, 0.05) is 10.9 Å². The molecule has 1 amide bonds. The Morgan fingerprint density at radius 3 is 2.62 bits per heavy atom. The highest BCUT2D eigenvalue weighted by atomic mass is 19.1. The van der Waals surface area contributed by atoms with Crippen LogP contribution in [-0.2, 0) is 4.74 Å². The van der Waals surface area contributed by atoms with Gasteiger partial charge in [-0.1, -0.05) is 6.07 Å². The van der Waals surface area contributed by atoms with Crippen LogP contribution in [0.4, 0.5) is 9.18 Å². The summed E-state index contributed by atoms with van der Waals surface area (Å²) in [5, 5.41) is 5.21. The number of halogens is 1. The van der Waals surface area contributed by atoms with Gasteiger partial charge < -0.3 is 4.74 Å². The highest BCUT2D eigenvalue weighted by Crippen LogP contribution is 2.27. The Bertz CT molecular complexity index is 879. The normalized spacial score (nSPS) is 11.5. The number of carbonyl (C=O) groups is 1. The molecule has 0 bridgehead atoms. The molecule has 1 heterocycles. The van der Waals surface area contributed by atoms with Gasteiger partial charge in [0.25, 0.3) is 0 Å². The van der Waals surface area contributed by atoms with E-state index >= 15 is 0 Å². The summed E-state index contributed by atoms with van der Waals surface area (Å²) in [6.07, 6.45) is -0.606. The summed E-state index contributed by atoms with van der Waals surface area (Å²) in [7, 11) is 0. The number of hydrogen-bond acceptors (Lipinski definition) is 3. The van der Waals surface area contributed by atoms with Gasteiger partial charge >= 0.3 is 6.09 Å². The minimum absolute atomic E-state index is 0.319. The predicted molar refractivity (Wildman–Crippen MR) is 89.6 cm³/mol. The molecule has 3 rings (SSSR count). The molecular weight excluding hydrogens is 309 g/mol. The van der Waals surface area contributed by atoms with Crippen molar-refractivity contribution in [2.24, 2.45) is 0 Å². The van der Waals surface area contributed by atoms with Gasteiger partial charge in [-0.3, -0.25) is 0 Å². The van der Waals surface area contributed by atoms with Gasteiger partial charge in [-0.25, -0.2) is 14.6 Å². The van der Waals surface area contributed by atoms with Gasteiger partial charge in [-0.2, -0.15) is 9.89 Å². The number of benzene rings is 2. The SMILES string of the molecule is CC(C)(C)OC(=O)Nn1nc(-c2ccc(F)cc2)c2c[c]ccc21. The van der Waals surface area contributed by atoms with Crippen LogP contribution in [0.1, 0.15) is 20.8 Å². The summed E-state index contributed by atoms with van der Waals surface area (Å²) in [5.41, 5.74) is 4.05. The molecule has 0 aliphatic rings. The summed E-state index contributed by atoms with van der Waals surface area (Å²) in [6.45, 7) is 5.35. The number of carbonyl (C=O) groups excluding carboxylic acids is 1. The van der Waals surface area contributed by atoms with E-state index in [1.165, 1.54) is 16.9 Å². The molecule has 0 aliphatic heterocycles. The Hall–Kier alpha value is -2.89. The zero-order valence-electron chi connectivity index (χ0n) is 13.6. The first-order valence-electron chi connectivity index (χ1n) is 7.48. The van der Waals surface area contributed by atoms with Crippen molar-refractivity contribution >= 4 is 17.0 Å². The van der Waals surface area contributed by atoms with Crippen LogP contribution < -0.4 is 5.43 Å². The van der Waals surface area contributed by atoms with E-state index in [1.54, 1.807) is 51.1 Å². The van der Waals surface area contributed by atoms with E-state index in [0.29, 0.717) is 11.2 Å². The van der Waals surface area contributed by atoms with Gasteiger partial charge in [-0.05, 0) is 63.2 Å². The fraction of sp³-hybridized carbons (Fsp3) is 0.222. The van der Waals surface area contributed by atoms with Crippen LogP contribution in [0.25, 0.3) is 22.2 Å². The third-order valence-corrected chi connectivity index (χ3v) is 3.24. The van der Waals surface area contributed by atoms with Gasteiger partial charge in [0.15, 0.2) is 0 Å². The van der Waals surface area contributed by atoms with Crippen LogP contribution in [0.5, 0.6) is 0 Å². The number of nitrogens with one attached hydrogen (secondary N) is 1. The third-order valence-electron chi connectivity index (χ3n) is 3.24. The quantitative estimate of drug-likeness (QED) is 0.770. The van der Waals surface area contributed by atoms with E-state index in [2.05, 4.69) is 16.6 Å². The number of nitrogens with zero attached hydrogens (tertiary/aromatic N) is 2. The van der Waals surface area contributed by atoms with E-state index in [4.69, 9.17) is 4.74 Å². The minimum atomic E-state index is -0.611. The number of amides is 1. The van der Waals surface area contributed by atoms with Gasteiger partial charge in [0.05, 0.1) is 5.52 Å². The summed E-state index contributed by atoms with van der Waals surface area (Å²) < 4.78 is 18.4. The average molecular weight is 326 g/mol. The van der Waals surface area contributed by atoms with E-state index in [9.17, 15) is 9.18 Å². The molecule has 0 fully saturated rings. The average Bonchev–Trinajstić information content (AvgIpc) is 2.85. The molecule has 1 N–H and O–H groups in total. The molecule has 24 heavy (non-hydrogen) atoms. The molecule has 0 spiro atoms. The van der Waals surface area contributed by atoms with Crippen molar-refractivity contribution in [2.45, 2.75) is 26.4 Å². The third kappa shape index (κ3) is 3.37. The fourth-order valence-corrected chi connectivity index (χ4v) is 2.30. The Kier molecular flexibility index (Phi) is 3.97. The standard InChI is InChI=1S/C18H17FN3O2/c1-18(2,3)24-17(23)21-22-15-7-5-4-6-14(15)16(20-22)12-8-10-13(19)11-9-12/h5-11H,1-3H3,(H,21,23). The van der Waals surface area contributed by atoms with Crippen LogP contribution >= 0.6 is 0 Å². The van der Waals surface area contributed by atoms with Crippen LogP contribution in [0, 0.1) is 11.9 Å². The minimum Gasteiger partial charge on any atom is -0.443 e. The lowest BCUT2D eigenvalue weighted by atomic mass is 10.1. The highest BCUT2D eigenvalue weighted by molar-refractivity contribution is 5.94.